The summed E-state index contributed by atoms with van der Waals surface area (Å²) in [5.41, 5.74) is 4.21. The number of amides is 1. The molecule has 1 atom stereocenters. The average Bonchev–Trinajstić information content (AvgIpc) is 3.33. The van der Waals surface area contributed by atoms with Gasteiger partial charge in [-0.15, -0.1) is 0 Å². The van der Waals surface area contributed by atoms with Crippen LogP contribution in [-0.4, -0.2) is 44.2 Å². The van der Waals surface area contributed by atoms with Crippen molar-refractivity contribution in [3.63, 3.8) is 0 Å². The number of hydrogen-bond donors (Lipinski definition) is 1. The number of benzene rings is 3. The van der Waals surface area contributed by atoms with E-state index < -0.39 is 0 Å². The summed E-state index contributed by atoms with van der Waals surface area (Å²) in [6, 6.07) is 21.9. The molecule has 0 bridgehead atoms. The van der Waals surface area contributed by atoms with Crippen molar-refractivity contribution < 1.29 is 19.0 Å². The van der Waals surface area contributed by atoms with Gasteiger partial charge in [0.1, 0.15) is 29.9 Å². The number of methoxy groups -OCH3 is 2. The van der Waals surface area contributed by atoms with E-state index in [1.54, 1.807) is 21.1 Å². The van der Waals surface area contributed by atoms with Crippen LogP contribution in [0.1, 0.15) is 30.0 Å². The molecule has 1 amide bonds. The van der Waals surface area contributed by atoms with Crippen LogP contribution in [-0.2, 0) is 17.9 Å². The number of rotatable bonds is 9. The van der Waals surface area contributed by atoms with Crippen LogP contribution in [0.4, 0.5) is 0 Å². The largest absolute Gasteiger partial charge is 0.496 e. The fourth-order valence-corrected chi connectivity index (χ4v) is 4.68. The van der Waals surface area contributed by atoms with Gasteiger partial charge >= 0.3 is 0 Å². The molecule has 1 N–H and O–H groups in total. The lowest BCUT2D eigenvalue weighted by Crippen LogP contribution is -2.35. The lowest BCUT2D eigenvalue weighted by atomic mass is 9.96. The molecule has 186 valence electrons. The van der Waals surface area contributed by atoms with Crippen molar-refractivity contribution >= 4 is 5.91 Å². The van der Waals surface area contributed by atoms with Crippen molar-refractivity contribution in [2.45, 2.75) is 32.5 Å². The van der Waals surface area contributed by atoms with Crippen molar-refractivity contribution in [2.75, 3.05) is 27.3 Å². The smallest absolute Gasteiger partial charge is 0.217 e. The molecule has 4 rings (SSSR count). The fourth-order valence-electron chi connectivity index (χ4n) is 4.68. The maximum atomic E-state index is 11.4. The monoisotopic (exact) mass is 485 g/mol. The zero-order valence-corrected chi connectivity index (χ0v) is 20.9. The molecule has 0 aliphatic carbocycles. The highest BCUT2D eigenvalue weighted by atomic mass is 16.5. The van der Waals surface area contributed by atoms with Gasteiger partial charge in [0.15, 0.2) is 0 Å². The Morgan fingerprint density at radius 3 is 2.44 bits per heavy atom. The van der Waals surface area contributed by atoms with Gasteiger partial charge in [-0.1, -0.05) is 48.5 Å². The molecule has 1 aliphatic rings. The molecule has 0 radical (unpaired) electrons. The predicted octanol–water partition coefficient (Wildman–Crippen LogP) is 4.53. The van der Waals surface area contributed by atoms with Crippen LogP contribution in [0.25, 0.3) is 11.1 Å². The third-order valence-electron chi connectivity index (χ3n) is 6.38. The number of likely N-dealkylation sites (tertiary alicyclic amines) is 1. The number of ether oxygens (including phenoxy) is 3. The third-order valence-corrected chi connectivity index (χ3v) is 6.38. The lowest BCUT2D eigenvalue weighted by Gasteiger charge is -2.21. The zero-order chi connectivity index (χ0) is 25.5. The quantitative estimate of drug-likeness (QED) is 0.479. The van der Waals surface area contributed by atoms with Gasteiger partial charge in [-0.05, 0) is 17.5 Å². The van der Waals surface area contributed by atoms with E-state index in [4.69, 9.17) is 14.2 Å². The minimum Gasteiger partial charge on any atom is -0.496 e. The van der Waals surface area contributed by atoms with Gasteiger partial charge in [-0.2, -0.15) is 5.26 Å². The molecular weight excluding hydrogens is 454 g/mol. The molecule has 0 saturated carbocycles. The first kappa shape index (κ1) is 25.1. The Kier molecular flexibility index (Phi) is 8.09. The number of hydrogen-bond acceptors (Lipinski definition) is 6. The minimum absolute atomic E-state index is 0.00706. The van der Waals surface area contributed by atoms with Crippen LogP contribution in [0, 0.1) is 11.3 Å². The molecule has 36 heavy (non-hydrogen) atoms. The Hall–Kier alpha value is -4.02. The van der Waals surface area contributed by atoms with Gasteiger partial charge in [0.05, 0.1) is 25.3 Å². The van der Waals surface area contributed by atoms with Crippen LogP contribution in [0.5, 0.6) is 17.2 Å². The summed E-state index contributed by atoms with van der Waals surface area (Å²) < 4.78 is 17.5. The summed E-state index contributed by atoms with van der Waals surface area (Å²) in [4.78, 5) is 13.7. The summed E-state index contributed by atoms with van der Waals surface area (Å²) in [5.74, 6) is 1.93. The minimum atomic E-state index is -0.00706. The van der Waals surface area contributed by atoms with E-state index in [1.165, 1.54) is 0 Å². The van der Waals surface area contributed by atoms with E-state index in [0.717, 1.165) is 41.8 Å². The summed E-state index contributed by atoms with van der Waals surface area (Å²) in [7, 11) is 3.26. The van der Waals surface area contributed by atoms with Gasteiger partial charge < -0.3 is 19.5 Å². The topological polar surface area (TPSA) is 83.8 Å². The van der Waals surface area contributed by atoms with E-state index in [-0.39, 0.29) is 18.6 Å². The maximum absolute atomic E-state index is 11.4. The first-order valence-electron chi connectivity index (χ1n) is 12.0. The van der Waals surface area contributed by atoms with Crippen molar-refractivity contribution in [2.24, 2.45) is 0 Å². The second-order valence-corrected chi connectivity index (χ2v) is 8.83. The molecule has 0 aromatic heterocycles. The van der Waals surface area contributed by atoms with Crippen LogP contribution in [0.15, 0.2) is 60.7 Å². The number of carbonyl (C=O) groups is 1. The molecule has 1 fully saturated rings. The summed E-state index contributed by atoms with van der Waals surface area (Å²) in [6.07, 6.45) is 0.911. The fraction of sp³-hybridized carbons (Fsp3) is 0.310. The highest BCUT2D eigenvalue weighted by Crippen LogP contribution is 2.36. The van der Waals surface area contributed by atoms with Crippen molar-refractivity contribution in [1.29, 1.82) is 5.26 Å². The number of nitrogens with zero attached hydrogens (tertiary/aromatic N) is 2. The average molecular weight is 486 g/mol. The van der Waals surface area contributed by atoms with Crippen molar-refractivity contribution in [1.82, 2.24) is 10.2 Å². The van der Waals surface area contributed by atoms with E-state index in [9.17, 15) is 10.1 Å². The van der Waals surface area contributed by atoms with Crippen LogP contribution >= 0.6 is 0 Å². The molecule has 1 heterocycles. The molecule has 7 nitrogen and oxygen atoms in total. The SMILES string of the molecule is COc1cc(OCc2cccc(-c3ccccc3)c2C#N)cc(OC)c1CN1CCC(NC(C)=O)C1. The first-order chi connectivity index (χ1) is 17.5. The van der Waals surface area contributed by atoms with Crippen molar-refractivity contribution in [3.8, 4) is 34.4 Å². The number of nitriles is 1. The molecule has 1 unspecified atom stereocenters. The molecule has 0 spiro atoms. The highest BCUT2D eigenvalue weighted by Gasteiger charge is 2.25. The number of nitrogens with one attached hydrogen (secondary N) is 1. The Balaban J connectivity index is 1.52. The zero-order valence-electron chi connectivity index (χ0n) is 20.9. The third kappa shape index (κ3) is 5.78. The lowest BCUT2D eigenvalue weighted by molar-refractivity contribution is -0.119. The van der Waals surface area contributed by atoms with E-state index in [2.05, 4.69) is 16.3 Å². The molecule has 3 aromatic carbocycles. The van der Waals surface area contributed by atoms with E-state index >= 15 is 0 Å². The first-order valence-corrected chi connectivity index (χ1v) is 12.0. The van der Waals surface area contributed by atoms with E-state index in [0.29, 0.717) is 29.4 Å². The maximum Gasteiger partial charge on any atom is 0.217 e. The van der Waals surface area contributed by atoms with Crippen LogP contribution in [0.2, 0.25) is 0 Å². The van der Waals surface area contributed by atoms with Gasteiger partial charge in [-0.3, -0.25) is 9.69 Å². The molecule has 7 heteroatoms. The second-order valence-electron chi connectivity index (χ2n) is 8.83. The van der Waals surface area contributed by atoms with Gasteiger partial charge in [0.2, 0.25) is 5.91 Å². The summed E-state index contributed by atoms with van der Waals surface area (Å²) in [6.45, 7) is 4.08. The molecule has 3 aromatic rings. The number of carbonyl (C=O) groups excluding carboxylic acids is 1. The Morgan fingerprint density at radius 2 is 1.81 bits per heavy atom. The van der Waals surface area contributed by atoms with Gasteiger partial charge in [0.25, 0.3) is 0 Å². The van der Waals surface area contributed by atoms with Crippen LogP contribution < -0.4 is 19.5 Å². The normalized spacial score (nSPS) is 15.2. The Labute approximate surface area is 212 Å². The standard InChI is InChI=1S/C29H31N3O4/c1-20(33)31-23-12-13-32(17-23)18-27-28(34-2)14-24(15-29(27)35-3)36-19-22-10-7-11-25(26(22)16-30)21-8-5-4-6-9-21/h4-11,14-15,23H,12-13,17-19H2,1-3H3,(H,31,33). The Bertz CT molecular complexity index is 1230. The highest BCUT2D eigenvalue weighted by molar-refractivity contribution is 5.73. The van der Waals surface area contributed by atoms with E-state index in [1.807, 2.05) is 60.7 Å². The van der Waals surface area contributed by atoms with Gasteiger partial charge in [0, 0.05) is 50.3 Å². The summed E-state index contributed by atoms with van der Waals surface area (Å²) >= 11 is 0. The summed E-state index contributed by atoms with van der Waals surface area (Å²) in [5, 5.41) is 12.9. The molecule has 1 aliphatic heterocycles. The second kappa shape index (κ2) is 11.6. The van der Waals surface area contributed by atoms with Crippen molar-refractivity contribution in [3.05, 3.63) is 77.4 Å². The molecular formula is C29H31N3O4. The Morgan fingerprint density at radius 1 is 1.08 bits per heavy atom. The predicted molar refractivity (Wildman–Crippen MR) is 138 cm³/mol. The van der Waals surface area contributed by atoms with Crippen LogP contribution in [0.3, 0.4) is 0 Å². The van der Waals surface area contributed by atoms with Gasteiger partial charge in [-0.25, -0.2) is 0 Å². The molecule has 1 saturated heterocycles.